The Balaban J connectivity index is 1.65. The third-order valence-electron chi connectivity index (χ3n) is 3.54. The lowest BCUT2D eigenvalue weighted by Gasteiger charge is -2.06. The second-order valence-electron chi connectivity index (χ2n) is 5.47. The van der Waals surface area contributed by atoms with Crippen molar-refractivity contribution in [2.45, 2.75) is 19.4 Å². The molecule has 0 saturated carbocycles. The van der Waals surface area contributed by atoms with Crippen molar-refractivity contribution in [1.82, 2.24) is 5.32 Å². The highest BCUT2D eigenvalue weighted by atomic mass is 16.6. The number of ether oxygens (including phenoxy) is 1. The summed E-state index contributed by atoms with van der Waals surface area (Å²) >= 11 is 0. The van der Waals surface area contributed by atoms with Gasteiger partial charge in [0.1, 0.15) is 11.6 Å². The van der Waals surface area contributed by atoms with Crippen molar-refractivity contribution >= 4 is 11.7 Å². The van der Waals surface area contributed by atoms with Gasteiger partial charge in [-0.2, -0.15) is 0 Å². The molecule has 0 saturated heterocycles. The molecule has 0 fully saturated rings. The molecule has 1 amide bonds. The quantitative estimate of drug-likeness (QED) is 0.416. The minimum absolute atomic E-state index is 0.164. The van der Waals surface area contributed by atoms with Gasteiger partial charge < -0.3 is 20.6 Å². The number of benzene rings is 2. The van der Waals surface area contributed by atoms with E-state index in [1.165, 1.54) is 5.56 Å². The lowest BCUT2D eigenvalue weighted by atomic mass is 10.1. The predicted octanol–water partition coefficient (Wildman–Crippen LogP) is 2.23. The van der Waals surface area contributed by atoms with Gasteiger partial charge >= 0.3 is 0 Å². The normalized spacial score (nSPS) is 11.0. The molecule has 6 nitrogen and oxygen atoms in total. The second kappa shape index (κ2) is 9.97. The van der Waals surface area contributed by atoms with Crippen LogP contribution in [0.2, 0.25) is 0 Å². The van der Waals surface area contributed by atoms with Crippen LogP contribution in [0.3, 0.4) is 0 Å². The van der Waals surface area contributed by atoms with Crippen molar-refractivity contribution in [3.05, 3.63) is 65.7 Å². The van der Waals surface area contributed by atoms with Crippen LogP contribution in [-0.4, -0.2) is 25.5 Å². The van der Waals surface area contributed by atoms with Crippen LogP contribution in [-0.2, 0) is 22.6 Å². The Bertz CT molecular complexity index is 685. The number of hydrogen-bond acceptors (Lipinski definition) is 4. The molecule has 0 aliphatic carbocycles. The maximum absolute atomic E-state index is 11.7. The van der Waals surface area contributed by atoms with Crippen LogP contribution in [0.5, 0.6) is 5.75 Å². The van der Waals surface area contributed by atoms with Crippen LogP contribution in [0.4, 0.5) is 0 Å². The van der Waals surface area contributed by atoms with E-state index in [1.807, 2.05) is 54.6 Å². The SMILES string of the molecule is COc1ccc(CNC(=O)CO/N=C(\N)CCc2ccccc2)cc1. The highest BCUT2D eigenvalue weighted by Crippen LogP contribution is 2.10. The third kappa shape index (κ3) is 6.95. The Kier molecular flexibility index (Phi) is 7.31. The fourth-order valence-electron chi connectivity index (χ4n) is 2.13. The number of nitrogens with zero attached hydrogens (tertiary/aromatic N) is 1. The molecule has 0 unspecified atom stereocenters. The number of rotatable bonds is 9. The minimum Gasteiger partial charge on any atom is -0.497 e. The number of carbonyl (C=O) groups is 1. The molecule has 0 aromatic heterocycles. The summed E-state index contributed by atoms with van der Waals surface area (Å²) in [5.41, 5.74) is 7.93. The first-order chi connectivity index (χ1) is 12.2. The van der Waals surface area contributed by atoms with Gasteiger partial charge in [-0.1, -0.05) is 47.6 Å². The van der Waals surface area contributed by atoms with Gasteiger partial charge in [-0.05, 0) is 29.7 Å². The molecule has 3 N–H and O–H groups in total. The lowest BCUT2D eigenvalue weighted by molar-refractivity contribution is -0.125. The molecule has 0 aliphatic heterocycles. The first-order valence-electron chi connectivity index (χ1n) is 8.05. The van der Waals surface area contributed by atoms with Crippen LogP contribution in [0.15, 0.2) is 59.8 Å². The summed E-state index contributed by atoms with van der Waals surface area (Å²) in [6.07, 6.45) is 1.36. The zero-order valence-electron chi connectivity index (χ0n) is 14.3. The zero-order valence-corrected chi connectivity index (χ0v) is 14.3. The van der Waals surface area contributed by atoms with Gasteiger partial charge in [-0.3, -0.25) is 4.79 Å². The highest BCUT2D eigenvalue weighted by Gasteiger charge is 2.03. The van der Waals surface area contributed by atoms with Crippen molar-refractivity contribution in [2.24, 2.45) is 10.9 Å². The Morgan fingerprint density at radius 2 is 1.80 bits per heavy atom. The largest absolute Gasteiger partial charge is 0.497 e. The molecule has 0 heterocycles. The third-order valence-corrected chi connectivity index (χ3v) is 3.54. The molecule has 2 aromatic carbocycles. The average molecular weight is 341 g/mol. The molecule has 0 spiro atoms. The fraction of sp³-hybridized carbons (Fsp3) is 0.263. The smallest absolute Gasteiger partial charge is 0.261 e. The van der Waals surface area contributed by atoms with Gasteiger partial charge in [0.25, 0.3) is 5.91 Å². The van der Waals surface area contributed by atoms with Crippen LogP contribution in [0.25, 0.3) is 0 Å². The molecule has 2 aromatic rings. The number of amides is 1. The second-order valence-corrected chi connectivity index (χ2v) is 5.47. The number of amidine groups is 1. The number of aryl methyl sites for hydroxylation is 1. The van der Waals surface area contributed by atoms with Gasteiger partial charge in [0.05, 0.1) is 7.11 Å². The van der Waals surface area contributed by atoms with Gasteiger partial charge in [0.2, 0.25) is 0 Å². The number of nitrogens with two attached hydrogens (primary N) is 1. The highest BCUT2D eigenvalue weighted by molar-refractivity contribution is 5.80. The van der Waals surface area contributed by atoms with E-state index < -0.39 is 0 Å². The summed E-state index contributed by atoms with van der Waals surface area (Å²) < 4.78 is 5.08. The molecule has 0 atom stereocenters. The fourth-order valence-corrected chi connectivity index (χ4v) is 2.13. The summed E-state index contributed by atoms with van der Waals surface area (Å²) in [4.78, 5) is 16.7. The summed E-state index contributed by atoms with van der Waals surface area (Å²) in [7, 11) is 1.61. The van der Waals surface area contributed by atoms with E-state index in [0.29, 0.717) is 18.8 Å². The number of oxime groups is 1. The topological polar surface area (TPSA) is 85.9 Å². The maximum Gasteiger partial charge on any atom is 0.261 e. The Morgan fingerprint density at radius 3 is 2.48 bits per heavy atom. The van der Waals surface area contributed by atoms with E-state index in [0.717, 1.165) is 17.7 Å². The first kappa shape index (κ1) is 18.3. The maximum atomic E-state index is 11.7. The summed E-state index contributed by atoms with van der Waals surface area (Å²) in [6.45, 7) is 0.252. The first-order valence-corrected chi connectivity index (χ1v) is 8.05. The average Bonchev–Trinajstić information content (AvgIpc) is 2.66. The van der Waals surface area contributed by atoms with Crippen molar-refractivity contribution in [1.29, 1.82) is 0 Å². The van der Waals surface area contributed by atoms with Crippen LogP contribution in [0, 0.1) is 0 Å². The van der Waals surface area contributed by atoms with Gasteiger partial charge in [-0.25, -0.2) is 0 Å². The Morgan fingerprint density at radius 1 is 1.08 bits per heavy atom. The molecular formula is C19H23N3O3. The van der Waals surface area contributed by atoms with E-state index in [9.17, 15) is 4.79 Å². The summed E-state index contributed by atoms with van der Waals surface area (Å²) in [6, 6.07) is 17.4. The number of methoxy groups -OCH3 is 1. The standard InChI is InChI=1S/C19H23N3O3/c1-24-17-10-7-16(8-11-17)13-21-19(23)14-25-22-18(20)12-9-15-5-3-2-4-6-15/h2-8,10-11H,9,12-14H2,1H3,(H2,20,22)(H,21,23). The number of carbonyl (C=O) groups excluding carboxylic acids is 1. The van der Waals surface area contributed by atoms with Gasteiger partial charge in [0.15, 0.2) is 6.61 Å². The van der Waals surface area contributed by atoms with E-state index >= 15 is 0 Å². The van der Waals surface area contributed by atoms with Crippen molar-refractivity contribution in [3.8, 4) is 5.75 Å². The molecule has 0 aliphatic rings. The predicted molar refractivity (Wildman–Crippen MR) is 97.2 cm³/mol. The van der Waals surface area contributed by atoms with Crippen LogP contribution >= 0.6 is 0 Å². The van der Waals surface area contributed by atoms with E-state index in [2.05, 4.69) is 10.5 Å². The molecule has 2 rings (SSSR count). The number of hydrogen-bond donors (Lipinski definition) is 2. The Labute approximate surface area is 147 Å². The van der Waals surface area contributed by atoms with Crippen molar-refractivity contribution < 1.29 is 14.4 Å². The van der Waals surface area contributed by atoms with Crippen LogP contribution < -0.4 is 15.8 Å². The van der Waals surface area contributed by atoms with Crippen molar-refractivity contribution in [3.63, 3.8) is 0 Å². The van der Waals surface area contributed by atoms with E-state index in [1.54, 1.807) is 7.11 Å². The van der Waals surface area contributed by atoms with Gasteiger partial charge in [-0.15, -0.1) is 0 Å². The minimum atomic E-state index is -0.254. The lowest BCUT2D eigenvalue weighted by Crippen LogP contribution is -2.27. The molecule has 6 heteroatoms. The molecule has 132 valence electrons. The monoisotopic (exact) mass is 341 g/mol. The number of nitrogens with one attached hydrogen (secondary N) is 1. The molecule has 0 bridgehead atoms. The van der Waals surface area contributed by atoms with Gasteiger partial charge in [0, 0.05) is 13.0 Å². The van der Waals surface area contributed by atoms with Crippen LogP contribution in [0.1, 0.15) is 17.5 Å². The summed E-state index contributed by atoms with van der Waals surface area (Å²) in [5, 5.41) is 6.53. The van der Waals surface area contributed by atoms with E-state index in [4.69, 9.17) is 15.3 Å². The molecule has 25 heavy (non-hydrogen) atoms. The molecule has 0 radical (unpaired) electrons. The van der Waals surface area contributed by atoms with E-state index in [-0.39, 0.29) is 12.5 Å². The van der Waals surface area contributed by atoms with Crippen molar-refractivity contribution in [2.75, 3.05) is 13.7 Å². The zero-order chi connectivity index (χ0) is 17.9. The Hall–Kier alpha value is -3.02. The molecular weight excluding hydrogens is 318 g/mol. The summed E-state index contributed by atoms with van der Waals surface area (Å²) in [5.74, 6) is 0.890.